The first-order valence-corrected chi connectivity index (χ1v) is 15.3. The molecule has 1 aromatic heterocycles. The molecular weight excluding hydrogens is 554 g/mol. The number of piperidine rings is 2. The van der Waals surface area contributed by atoms with Gasteiger partial charge in [0, 0.05) is 44.7 Å². The van der Waals surface area contributed by atoms with E-state index in [-0.39, 0.29) is 23.7 Å². The Morgan fingerprint density at radius 3 is 2.40 bits per heavy atom. The number of nitrogens with zero attached hydrogens (tertiary/aromatic N) is 4. The maximum absolute atomic E-state index is 13.9. The molecule has 1 atom stereocenters. The molecule has 2 saturated heterocycles. The third-order valence-electron chi connectivity index (χ3n) is 8.94. The number of imidazole rings is 1. The zero-order chi connectivity index (χ0) is 30.0. The van der Waals surface area contributed by atoms with Crippen molar-refractivity contribution in [3.05, 3.63) is 63.0 Å². The van der Waals surface area contributed by atoms with E-state index >= 15 is 0 Å². The molecule has 2 aliphatic heterocycles. The molecule has 0 radical (unpaired) electrons. The Kier molecular flexibility index (Phi) is 9.13. The molecule has 4 N–H and O–H groups in total. The monoisotopic (exact) mass is 595 g/mol. The summed E-state index contributed by atoms with van der Waals surface area (Å²) in [5.74, 6) is -0.0771. The van der Waals surface area contributed by atoms with E-state index in [0.717, 1.165) is 41.4 Å². The lowest BCUT2D eigenvalue weighted by molar-refractivity contribution is -0.134. The molecule has 2 aliphatic rings. The molecule has 2 aromatic carbocycles. The molecule has 10 nitrogen and oxygen atoms in total. The summed E-state index contributed by atoms with van der Waals surface area (Å²) < 4.78 is 1.81. The second-order valence-corrected chi connectivity index (χ2v) is 12.2. The number of carbonyl (C=O) groups is 2. The number of para-hydroxylation sites is 2. The smallest absolute Gasteiger partial charge is 0.326 e. The van der Waals surface area contributed by atoms with Gasteiger partial charge in [0.15, 0.2) is 0 Å². The number of fused-ring (bicyclic) bond motifs is 1. The van der Waals surface area contributed by atoms with E-state index in [1.54, 1.807) is 11.0 Å². The van der Waals surface area contributed by atoms with Gasteiger partial charge in [-0.05, 0) is 75.5 Å². The largest absolute Gasteiger partial charge is 0.397 e. The third kappa shape index (κ3) is 6.29. The van der Waals surface area contributed by atoms with Gasteiger partial charge in [0.05, 0.1) is 21.7 Å². The number of nitrogens with two attached hydrogens (primary N) is 1. The number of urea groups is 1. The number of hydrogen-bond acceptors (Lipinski definition) is 5. The minimum Gasteiger partial charge on any atom is -0.397 e. The van der Waals surface area contributed by atoms with Crippen molar-refractivity contribution in [1.82, 2.24) is 29.6 Å². The highest BCUT2D eigenvalue weighted by Gasteiger charge is 2.33. The average molecular weight is 596 g/mol. The lowest BCUT2D eigenvalue weighted by atomic mass is 9.98. The summed E-state index contributed by atoms with van der Waals surface area (Å²) in [6.45, 7) is 4.30. The highest BCUT2D eigenvalue weighted by Crippen LogP contribution is 2.28. The van der Waals surface area contributed by atoms with Crippen molar-refractivity contribution in [2.45, 2.75) is 63.6 Å². The quantitative estimate of drug-likeness (QED) is 0.360. The maximum Gasteiger partial charge on any atom is 0.326 e. The number of carbonyl (C=O) groups excluding carboxylic acids is 2. The van der Waals surface area contributed by atoms with Gasteiger partial charge in [0.1, 0.15) is 6.04 Å². The fourth-order valence-corrected chi connectivity index (χ4v) is 6.67. The van der Waals surface area contributed by atoms with Crippen LogP contribution >= 0.6 is 11.6 Å². The number of aryl methyl sites for hydroxylation is 1. The Morgan fingerprint density at radius 1 is 1.07 bits per heavy atom. The zero-order valence-corrected chi connectivity index (χ0v) is 25.5. The van der Waals surface area contributed by atoms with Crippen LogP contribution < -0.4 is 16.7 Å². The SMILES string of the molecule is CCc1cc(C[C@@H](NC(=O)N2CCC(n3c(=O)[nH]c4ccccc43)CC2)C(=O)N2CCC(N(C)C)CC2)cc(Cl)c1N. The summed E-state index contributed by atoms with van der Waals surface area (Å²) >= 11 is 6.44. The number of hydrogen-bond donors (Lipinski definition) is 3. The molecule has 3 aromatic rings. The average Bonchev–Trinajstić information content (AvgIpc) is 3.33. The number of H-pyrrole nitrogens is 1. The van der Waals surface area contributed by atoms with Crippen LogP contribution in [-0.2, 0) is 17.6 Å². The molecule has 0 aliphatic carbocycles. The second-order valence-electron chi connectivity index (χ2n) is 11.8. The van der Waals surface area contributed by atoms with E-state index in [0.29, 0.717) is 62.2 Å². The van der Waals surface area contributed by atoms with Crippen molar-refractivity contribution in [2.75, 3.05) is 46.0 Å². The van der Waals surface area contributed by atoms with Crippen molar-refractivity contribution in [2.24, 2.45) is 0 Å². The Morgan fingerprint density at radius 2 is 1.74 bits per heavy atom. The van der Waals surface area contributed by atoms with Gasteiger partial charge in [0.25, 0.3) is 0 Å². The van der Waals surface area contributed by atoms with Gasteiger partial charge in [-0.3, -0.25) is 9.36 Å². The van der Waals surface area contributed by atoms with E-state index < -0.39 is 6.04 Å². The number of nitrogens with one attached hydrogen (secondary N) is 2. The highest BCUT2D eigenvalue weighted by atomic mass is 35.5. The molecule has 11 heteroatoms. The number of anilines is 1. The molecule has 2 fully saturated rings. The Labute approximate surface area is 251 Å². The number of nitrogen functional groups attached to an aromatic ring is 1. The van der Waals surface area contributed by atoms with Crippen LogP contribution in [0.25, 0.3) is 11.0 Å². The summed E-state index contributed by atoms with van der Waals surface area (Å²) in [6.07, 6.45) is 4.14. The minimum atomic E-state index is -0.730. The number of aromatic nitrogens is 2. The summed E-state index contributed by atoms with van der Waals surface area (Å²) in [4.78, 5) is 48.9. The van der Waals surface area contributed by atoms with Gasteiger partial charge in [-0.2, -0.15) is 0 Å². The van der Waals surface area contributed by atoms with Gasteiger partial charge in [-0.15, -0.1) is 0 Å². The van der Waals surface area contributed by atoms with Crippen molar-refractivity contribution in [3.63, 3.8) is 0 Å². The Balaban J connectivity index is 1.29. The van der Waals surface area contributed by atoms with Crippen LogP contribution in [0, 0.1) is 0 Å². The molecule has 5 rings (SSSR count). The van der Waals surface area contributed by atoms with Crippen molar-refractivity contribution in [3.8, 4) is 0 Å². The summed E-state index contributed by atoms with van der Waals surface area (Å²) in [5.41, 5.74) is 10.1. The minimum absolute atomic E-state index is 0.00231. The molecule has 0 spiro atoms. The molecule has 3 amide bonds. The Bertz CT molecular complexity index is 1480. The van der Waals surface area contributed by atoms with E-state index in [2.05, 4.69) is 29.3 Å². The van der Waals surface area contributed by atoms with Gasteiger partial charge in [-0.25, -0.2) is 9.59 Å². The van der Waals surface area contributed by atoms with E-state index in [9.17, 15) is 14.4 Å². The second kappa shape index (κ2) is 12.8. The van der Waals surface area contributed by atoms with Crippen LogP contribution in [0.1, 0.15) is 49.8 Å². The standard InChI is InChI=1S/C31H42ClN7O3/c1-4-21-17-20(18-24(32)28(21)33)19-26(29(40)37-13-9-22(10-14-37)36(2)3)35-30(41)38-15-11-23(12-16-38)39-27-8-6-5-7-25(27)34-31(39)42/h5-8,17-18,22-23,26H,4,9-16,19,33H2,1-3H3,(H,34,42)(H,35,41)/t26-/m1/s1. The fourth-order valence-electron chi connectivity index (χ4n) is 6.41. The number of halogens is 1. The molecule has 0 unspecified atom stereocenters. The topological polar surface area (TPSA) is 120 Å². The first-order chi connectivity index (χ1) is 20.2. The van der Waals surface area contributed by atoms with Crippen molar-refractivity contribution >= 4 is 40.3 Å². The van der Waals surface area contributed by atoms with E-state index in [1.165, 1.54) is 0 Å². The lowest BCUT2D eigenvalue weighted by Gasteiger charge is -2.38. The molecule has 0 bridgehead atoms. The van der Waals surface area contributed by atoms with Crippen LogP contribution in [0.2, 0.25) is 5.02 Å². The number of benzene rings is 2. The van der Waals surface area contributed by atoms with E-state index in [4.69, 9.17) is 17.3 Å². The summed E-state index contributed by atoms with van der Waals surface area (Å²) in [7, 11) is 4.14. The number of amides is 3. The van der Waals surface area contributed by atoms with Gasteiger partial charge in [-0.1, -0.05) is 36.7 Å². The normalized spacial score (nSPS) is 17.6. The van der Waals surface area contributed by atoms with Crippen molar-refractivity contribution < 1.29 is 9.59 Å². The zero-order valence-electron chi connectivity index (χ0n) is 24.7. The summed E-state index contributed by atoms with van der Waals surface area (Å²) in [5, 5.41) is 3.53. The van der Waals surface area contributed by atoms with Crippen LogP contribution in [0.15, 0.2) is 41.2 Å². The van der Waals surface area contributed by atoms with Gasteiger partial charge in [0.2, 0.25) is 5.91 Å². The summed E-state index contributed by atoms with van der Waals surface area (Å²) in [6, 6.07) is 10.9. The van der Waals surface area contributed by atoms with Gasteiger partial charge < -0.3 is 30.7 Å². The molecule has 3 heterocycles. The van der Waals surface area contributed by atoms with Crippen LogP contribution in [0.5, 0.6) is 0 Å². The van der Waals surface area contributed by atoms with Crippen molar-refractivity contribution in [1.29, 1.82) is 0 Å². The maximum atomic E-state index is 13.9. The molecule has 0 saturated carbocycles. The van der Waals surface area contributed by atoms with Gasteiger partial charge >= 0.3 is 11.7 Å². The predicted molar refractivity (Wildman–Crippen MR) is 167 cm³/mol. The Hall–Kier alpha value is -3.50. The molecule has 226 valence electrons. The lowest BCUT2D eigenvalue weighted by Crippen LogP contribution is -2.56. The van der Waals surface area contributed by atoms with Crippen LogP contribution in [0.4, 0.5) is 10.5 Å². The predicted octanol–water partition coefficient (Wildman–Crippen LogP) is 3.64. The highest BCUT2D eigenvalue weighted by molar-refractivity contribution is 6.33. The number of aromatic amines is 1. The first-order valence-electron chi connectivity index (χ1n) is 14.9. The first kappa shape index (κ1) is 30.0. The molecular formula is C31H42ClN7O3. The number of likely N-dealkylation sites (tertiary alicyclic amines) is 2. The third-order valence-corrected chi connectivity index (χ3v) is 9.25. The fraction of sp³-hybridized carbons (Fsp3) is 0.516. The number of rotatable bonds is 7. The molecule has 42 heavy (non-hydrogen) atoms. The van der Waals surface area contributed by atoms with E-state index in [1.807, 2.05) is 46.7 Å². The van der Waals surface area contributed by atoms with Crippen LogP contribution in [-0.4, -0.2) is 88.5 Å². The van der Waals surface area contributed by atoms with Crippen LogP contribution in [0.3, 0.4) is 0 Å².